The molecule has 9 heteroatoms. The lowest BCUT2D eigenvalue weighted by atomic mass is 10.2. The molecule has 1 amide bonds. The number of fused-ring (bicyclic) bond motifs is 1. The van der Waals surface area contributed by atoms with E-state index in [0.29, 0.717) is 17.2 Å². The molecule has 0 saturated carbocycles. The SMILES string of the molecule is COc1cccc2cc(C(=O)NCCn3nc(-n4nc(C)cc4C)ccc3=O)oc12. The van der Waals surface area contributed by atoms with E-state index in [1.54, 1.807) is 30.0 Å². The number of hydrogen-bond acceptors (Lipinski definition) is 6. The Balaban J connectivity index is 1.46. The lowest BCUT2D eigenvalue weighted by molar-refractivity contribution is 0.0926. The molecule has 4 rings (SSSR count). The number of nitrogens with one attached hydrogen (secondary N) is 1. The maximum absolute atomic E-state index is 12.5. The van der Waals surface area contributed by atoms with Crippen LogP contribution in [-0.4, -0.2) is 39.1 Å². The van der Waals surface area contributed by atoms with Crippen molar-refractivity contribution in [3.8, 4) is 11.6 Å². The average Bonchev–Trinajstić information content (AvgIpc) is 3.31. The minimum absolute atomic E-state index is 0.172. The highest BCUT2D eigenvalue weighted by molar-refractivity contribution is 5.97. The number of aromatic nitrogens is 4. The van der Waals surface area contributed by atoms with Gasteiger partial charge < -0.3 is 14.5 Å². The summed E-state index contributed by atoms with van der Waals surface area (Å²) in [5, 5.41) is 12.3. The fourth-order valence-electron chi connectivity index (χ4n) is 3.24. The van der Waals surface area contributed by atoms with Gasteiger partial charge in [-0.05, 0) is 38.1 Å². The topological polar surface area (TPSA) is 104 Å². The molecule has 154 valence electrons. The van der Waals surface area contributed by atoms with Gasteiger partial charge in [-0.2, -0.15) is 5.10 Å². The summed E-state index contributed by atoms with van der Waals surface area (Å²) in [5.74, 6) is 0.890. The van der Waals surface area contributed by atoms with E-state index in [1.165, 1.54) is 10.7 Å². The summed E-state index contributed by atoms with van der Waals surface area (Å²) in [5.41, 5.74) is 2.03. The molecule has 0 radical (unpaired) electrons. The molecule has 1 aromatic carbocycles. The van der Waals surface area contributed by atoms with Crippen LogP contribution in [0.4, 0.5) is 0 Å². The number of carbonyl (C=O) groups excluding carboxylic acids is 1. The van der Waals surface area contributed by atoms with Crippen molar-refractivity contribution >= 4 is 16.9 Å². The summed E-state index contributed by atoms with van der Waals surface area (Å²) in [6.45, 7) is 4.23. The van der Waals surface area contributed by atoms with Gasteiger partial charge in [-0.25, -0.2) is 9.36 Å². The van der Waals surface area contributed by atoms with Gasteiger partial charge >= 0.3 is 0 Å². The second-order valence-electron chi connectivity index (χ2n) is 6.84. The smallest absolute Gasteiger partial charge is 0.287 e. The molecule has 3 heterocycles. The van der Waals surface area contributed by atoms with Crippen LogP contribution >= 0.6 is 0 Å². The molecule has 0 spiro atoms. The first-order valence-electron chi connectivity index (χ1n) is 9.43. The van der Waals surface area contributed by atoms with E-state index in [4.69, 9.17) is 9.15 Å². The number of nitrogens with zero attached hydrogens (tertiary/aromatic N) is 4. The zero-order valence-electron chi connectivity index (χ0n) is 16.9. The number of aryl methyl sites for hydroxylation is 2. The number of methoxy groups -OCH3 is 1. The minimum Gasteiger partial charge on any atom is -0.493 e. The van der Waals surface area contributed by atoms with E-state index in [2.05, 4.69) is 15.5 Å². The van der Waals surface area contributed by atoms with Gasteiger partial charge in [0.1, 0.15) is 0 Å². The number of amides is 1. The van der Waals surface area contributed by atoms with E-state index >= 15 is 0 Å². The highest BCUT2D eigenvalue weighted by Crippen LogP contribution is 2.28. The maximum Gasteiger partial charge on any atom is 0.287 e. The minimum atomic E-state index is -0.379. The first-order chi connectivity index (χ1) is 14.5. The molecule has 0 atom stereocenters. The Bertz CT molecular complexity index is 1280. The van der Waals surface area contributed by atoms with Crippen molar-refractivity contribution in [1.29, 1.82) is 0 Å². The van der Waals surface area contributed by atoms with Gasteiger partial charge in [0.05, 0.1) is 19.3 Å². The van der Waals surface area contributed by atoms with Gasteiger partial charge in [0.25, 0.3) is 11.5 Å². The summed E-state index contributed by atoms with van der Waals surface area (Å²) in [6, 6.07) is 12.1. The van der Waals surface area contributed by atoms with Gasteiger partial charge in [0.2, 0.25) is 0 Å². The Morgan fingerprint density at radius 2 is 2.00 bits per heavy atom. The van der Waals surface area contributed by atoms with Crippen molar-refractivity contribution in [3.63, 3.8) is 0 Å². The van der Waals surface area contributed by atoms with Crippen LogP contribution in [0.25, 0.3) is 16.8 Å². The number of hydrogen-bond donors (Lipinski definition) is 1. The third-order valence-corrected chi connectivity index (χ3v) is 4.64. The molecule has 0 unspecified atom stereocenters. The molecule has 0 bridgehead atoms. The third kappa shape index (κ3) is 3.69. The average molecular weight is 407 g/mol. The van der Waals surface area contributed by atoms with Crippen molar-refractivity contribution in [3.05, 3.63) is 70.0 Å². The lowest BCUT2D eigenvalue weighted by Gasteiger charge is -2.08. The predicted octanol–water partition coefficient (Wildman–Crippen LogP) is 2.23. The molecule has 9 nitrogen and oxygen atoms in total. The summed E-state index contributed by atoms with van der Waals surface area (Å²) in [6.07, 6.45) is 0. The molecular weight excluding hydrogens is 386 g/mol. The van der Waals surface area contributed by atoms with Crippen LogP contribution in [0.5, 0.6) is 5.75 Å². The van der Waals surface area contributed by atoms with Crippen molar-refractivity contribution in [2.45, 2.75) is 20.4 Å². The summed E-state index contributed by atoms with van der Waals surface area (Å²) >= 11 is 0. The Kier molecular flexibility index (Phi) is 5.09. The molecule has 0 aliphatic heterocycles. The fraction of sp³-hybridized carbons (Fsp3) is 0.238. The van der Waals surface area contributed by atoms with E-state index in [1.807, 2.05) is 32.0 Å². The van der Waals surface area contributed by atoms with Crippen molar-refractivity contribution in [2.75, 3.05) is 13.7 Å². The highest BCUT2D eigenvalue weighted by Gasteiger charge is 2.15. The van der Waals surface area contributed by atoms with E-state index in [0.717, 1.165) is 16.8 Å². The van der Waals surface area contributed by atoms with Crippen LogP contribution < -0.4 is 15.6 Å². The van der Waals surface area contributed by atoms with E-state index in [9.17, 15) is 9.59 Å². The second kappa shape index (κ2) is 7.86. The Morgan fingerprint density at radius 1 is 1.17 bits per heavy atom. The standard InChI is InChI=1S/C21H21N5O4/c1-13-11-14(2)26(23-13)18-7-8-19(27)25(24-18)10-9-22-21(28)17-12-15-5-4-6-16(29-3)20(15)30-17/h4-8,11-12H,9-10H2,1-3H3,(H,22,28). The maximum atomic E-state index is 12.5. The molecular formula is C21H21N5O4. The van der Waals surface area contributed by atoms with Crippen LogP contribution in [0.3, 0.4) is 0 Å². The van der Waals surface area contributed by atoms with Gasteiger partial charge in [-0.3, -0.25) is 9.59 Å². The van der Waals surface area contributed by atoms with E-state index in [-0.39, 0.29) is 30.3 Å². The first-order valence-corrected chi connectivity index (χ1v) is 9.43. The van der Waals surface area contributed by atoms with Gasteiger partial charge in [0, 0.05) is 23.7 Å². The molecule has 4 aromatic rings. The first kappa shape index (κ1) is 19.4. The second-order valence-corrected chi connectivity index (χ2v) is 6.84. The number of rotatable bonds is 6. The largest absolute Gasteiger partial charge is 0.493 e. The predicted molar refractivity (Wildman–Crippen MR) is 110 cm³/mol. The van der Waals surface area contributed by atoms with Crippen LogP contribution in [-0.2, 0) is 6.54 Å². The van der Waals surface area contributed by atoms with Gasteiger partial charge in [-0.15, -0.1) is 5.10 Å². The van der Waals surface area contributed by atoms with Crippen molar-refractivity contribution in [1.82, 2.24) is 24.9 Å². The van der Waals surface area contributed by atoms with Crippen molar-refractivity contribution < 1.29 is 13.9 Å². The van der Waals surface area contributed by atoms with Crippen molar-refractivity contribution in [2.24, 2.45) is 0 Å². The number of benzene rings is 1. The van der Waals surface area contributed by atoms with Crippen LogP contribution in [0.1, 0.15) is 21.9 Å². The monoisotopic (exact) mass is 407 g/mol. The summed E-state index contributed by atoms with van der Waals surface area (Å²) < 4.78 is 13.9. The summed E-state index contributed by atoms with van der Waals surface area (Å²) in [7, 11) is 1.54. The van der Waals surface area contributed by atoms with Gasteiger partial charge in [0.15, 0.2) is 22.9 Å². The molecule has 30 heavy (non-hydrogen) atoms. The zero-order chi connectivity index (χ0) is 21.3. The molecule has 0 fully saturated rings. The van der Waals surface area contributed by atoms with Crippen LogP contribution in [0.15, 0.2) is 51.7 Å². The summed E-state index contributed by atoms with van der Waals surface area (Å²) in [4.78, 5) is 24.6. The molecule has 0 saturated heterocycles. The Hall–Kier alpha value is -3.88. The zero-order valence-corrected chi connectivity index (χ0v) is 16.9. The molecule has 0 aliphatic carbocycles. The number of furan rings is 1. The molecule has 1 N–H and O–H groups in total. The van der Waals surface area contributed by atoms with Crippen LogP contribution in [0, 0.1) is 13.8 Å². The number of carbonyl (C=O) groups is 1. The lowest BCUT2D eigenvalue weighted by Crippen LogP contribution is -2.32. The normalized spacial score (nSPS) is 11.0. The Morgan fingerprint density at radius 3 is 2.73 bits per heavy atom. The molecule has 3 aromatic heterocycles. The van der Waals surface area contributed by atoms with E-state index < -0.39 is 0 Å². The van der Waals surface area contributed by atoms with Gasteiger partial charge in [-0.1, -0.05) is 12.1 Å². The number of ether oxygens (including phenoxy) is 1. The molecule has 0 aliphatic rings. The quantitative estimate of drug-likeness (QED) is 0.526. The fourth-order valence-corrected chi connectivity index (χ4v) is 3.24. The highest BCUT2D eigenvalue weighted by atomic mass is 16.5. The van der Waals surface area contributed by atoms with Crippen LogP contribution in [0.2, 0.25) is 0 Å². The Labute approximate surface area is 171 Å². The number of para-hydroxylation sites is 1. The third-order valence-electron chi connectivity index (χ3n) is 4.64.